The summed E-state index contributed by atoms with van der Waals surface area (Å²) >= 11 is 6.02. The molecular weight excluding hydrogens is 992 g/mol. The summed E-state index contributed by atoms with van der Waals surface area (Å²) in [5.41, 5.74) is 1.22. The van der Waals surface area contributed by atoms with Gasteiger partial charge in [0, 0.05) is 15.7 Å². The summed E-state index contributed by atoms with van der Waals surface area (Å²) in [4.78, 5) is 62.0. The van der Waals surface area contributed by atoms with Gasteiger partial charge in [0.05, 0.1) is 45.0 Å². The number of carbonyl (C=O) groups is 2. The summed E-state index contributed by atoms with van der Waals surface area (Å²) in [6.07, 6.45) is -6.63. The molecule has 28 heteroatoms. The second-order valence-corrected chi connectivity index (χ2v) is 23.9. The number of hydrogen-bond donors (Lipinski definition) is 4. The first kappa shape index (κ1) is 50.9. The van der Waals surface area contributed by atoms with Crippen LogP contribution >= 0.6 is 15.0 Å². The van der Waals surface area contributed by atoms with Gasteiger partial charge in [-0.05, 0) is 47.7 Å². The van der Waals surface area contributed by atoms with Crippen LogP contribution in [-0.4, -0.2) is 126 Å². The fraction of sp³-hybridized carbons (Fsp3) is 0.405. The summed E-state index contributed by atoms with van der Waals surface area (Å²) in [5.74, 6) is -0.817. The molecule has 23 nitrogen and oxygen atoms in total. The van der Waals surface area contributed by atoms with Gasteiger partial charge in [-0.1, -0.05) is 57.2 Å². The molecule has 2 amide bonds. The third kappa shape index (κ3) is 11.2. The Kier molecular flexibility index (Phi) is 15.9. The molecule has 0 aliphatic carbocycles. The van der Waals surface area contributed by atoms with Crippen LogP contribution in [0.25, 0.3) is 22.3 Å². The van der Waals surface area contributed by atoms with Crippen LogP contribution in [-0.2, 0) is 48.4 Å². The van der Waals surface area contributed by atoms with Crippen molar-refractivity contribution in [3.05, 3.63) is 97.1 Å². The lowest BCUT2D eigenvalue weighted by molar-refractivity contribution is -0.0560. The summed E-state index contributed by atoms with van der Waals surface area (Å²) in [5, 5.41) is 25.4. The molecule has 2 aromatic carbocycles. The minimum Gasteiger partial charge on any atom is -0.411 e. The number of aliphatic hydroxyl groups excluding tert-OH is 1. The number of ether oxygens (including phenoxy) is 2. The fourth-order valence-electron chi connectivity index (χ4n) is 7.49. The van der Waals surface area contributed by atoms with E-state index in [1.807, 2.05) is 33.4 Å². The predicted molar refractivity (Wildman–Crippen MR) is 253 cm³/mol. The zero-order valence-corrected chi connectivity index (χ0v) is 41.6. The van der Waals surface area contributed by atoms with Crippen molar-refractivity contribution in [1.29, 1.82) is 5.26 Å². The number of carbonyl (C=O) groups excluding carboxylic acids is 2. The second-order valence-electron chi connectivity index (χ2n) is 17.0. The van der Waals surface area contributed by atoms with E-state index in [9.17, 15) is 29.4 Å². The summed E-state index contributed by atoms with van der Waals surface area (Å²) in [7, 11) is -5.56. The largest absolute Gasteiger partial charge is 0.695 e. The Morgan fingerprint density at radius 1 is 0.857 bits per heavy atom. The normalized spacial score (nSPS) is 24.0. The van der Waals surface area contributed by atoms with Gasteiger partial charge in [-0.15, -0.1) is 9.42 Å². The Morgan fingerprint density at radius 2 is 1.40 bits per heavy atom. The van der Waals surface area contributed by atoms with E-state index >= 15 is 4.39 Å². The molecule has 2 fully saturated rings. The lowest BCUT2D eigenvalue weighted by Crippen LogP contribution is -2.43. The molecule has 0 bridgehead atoms. The first-order chi connectivity index (χ1) is 33.6. The molecule has 2 saturated heterocycles. The number of anilines is 2. The Balaban J connectivity index is 1.09. The van der Waals surface area contributed by atoms with Crippen LogP contribution in [0.15, 0.2) is 86.0 Å². The molecule has 0 radical (unpaired) electrons. The molecule has 11 atom stereocenters. The maximum absolute atomic E-state index is 16.6. The van der Waals surface area contributed by atoms with Crippen molar-refractivity contribution < 1.29 is 60.5 Å². The van der Waals surface area contributed by atoms with E-state index in [1.165, 1.54) is 28.1 Å². The molecule has 2 aliphatic rings. The predicted octanol–water partition coefficient (Wildman–Crippen LogP) is 5.43. The van der Waals surface area contributed by atoms with Gasteiger partial charge in [0.25, 0.3) is 11.8 Å². The number of amides is 2. The lowest BCUT2D eigenvalue weighted by atomic mass is 10.1. The van der Waals surface area contributed by atoms with Crippen LogP contribution in [0.2, 0.25) is 11.6 Å². The highest BCUT2D eigenvalue weighted by Crippen LogP contribution is 2.56. The average Bonchev–Trinajstić information content (AvgIpc) is 4.13. The van der Waals surface area contributed by atoms with Gasteiger partial charge in [0.15, 0.2) is 67.7 Å². The third-order valence-corrected chi connectivity index (χ3v) is 17.4. The molecule has 0 spiro atoms. The number of benzene rings is 2. The minimum absolute atomic E-state index is 0.0235. The van der Waals surface area contributed by atoms with E-state index in [4.69, 9.17) is 43.8 Å². The Morgan fingerprint density at radius 3 is 1.91 bits per heavy atom. The maximum atomic E-state index is 16.6. The first-order valence-corrected chi connectivity index (χ1v) is 27.5. The molecule has 2 aliphatic heterocycles. The van der Waals surface area contributed by atoms with Gasteiger partial charge in [0.2, 0.25) is 0 Å². The van der Waals surface area contributed by atoms with E-state index in [1.54, 1.807) is 60.7 Å². The number of nitrogens with one attached hydrogen (secondary N) is 2. The Bertz CT molecular complexity index is 2940. The van der Waals surface area contributed by atoms with E-state index in [-0.39, 0.29) is 52.0 Å². The maximum Gasteiger partial charge on any atom is 0.695 e. The molecule has 4 aromatic heterocycles. The molecule has 3 unspecified atom stereocenters. The molecule has 6 aromatic rings. The molecule has 8 rings (SSSR count). The monoisotopic (exact) mass is 1040 g/mol. The number of aliphatic hydroxyl groups is 1. The Labute approximate surface area is 406 Å². The highest BCUT2D eigenvalue weighted by atomic mass is 32.5. The molecule has 4 N–H and O–H groups in total. The quantitative estimate of drug-likeness (QED) is 0.0447. The van der Waals surface area contributed by atoms with Crippen molar-refractivity contribution in [2.24, 2.45) is 0 Å². The summed E-state index contributed by atoms with van der Waals surface area (Å²) < 4.78 is 75.1. The van der Waals surface area contributed by atoms with E-state index in [2.05, 4.69) is 40.5 Å². The molecule has 70 heavy (non-hydrogen) atoms. The van der Waals surface area contributed by atoms with Crippen molar-refractivity contribution in [2.75, 3.05) is 30.5 Å². The first-order valence-electron chi connectivity index (χ1n) is 21.7. The van der Waals surface area contributed by atoms with Gasteiger partial charge >= 0.3 is 15.0 Å². The number of nitrogens with zero attached hydrogens (tertiary/aromatic N) is 9. The highest BCUT2D eigenvalue weighted by molar-refractivity contribution is 8.07. The molecule has 0 saturated carbocycles. The summed E-state index contributed by atoms with van der Waals surface area (Å²) in [6.45, 7) is 2.38. The van der Waals surface area contributed by atoms with Gasteiger partial charge in [-0.25, -0.2) is 34.3 Å². The number of rotatable bonds is 19. The number of nitriles is 1. The van der Waals surface area contributed by atoms with E-state index in [0.717, 1.165) is 6.33 Å². The van der Waals surface area contributed by atoms with Gasteiger partial charge < -0.3 is 38.7 Å². The molecule has 6 heterocycles. The second kappa shape index (κ2) is 21.9. The number of imidazole rings is 2. The summed E-state index contributed by atoms with van der Waals surface area (Å²) in [6, 6.07) is 18.8. The number of aromatic nitrogens is 8. The van der Waals surface area contributed by atoms with Gasteiger partial charge in [-0.2, -0.15) is 5.26 Å². The zero-order valence-electron chi connectivity index (χ0n) is 37.8. The number of fused-ring (bicyclic) bond motifs is 2. The minimum atomic E-state index is -4.16. The standard InChI is InChI=1S/C42H46FN11O12P2SSi/c1-42(2,3)70(4)66-32-26(18-55)62-41(54-23-50-30-35(46-21-48-37(30)54)52-39(57)25-14-9-6-10-15-25)33(32)65-68(69,60-17-11-16-44)61-19-27-31(64-67(58)59)28(43)40(63-27)53-22-49-29-34(45-20-47-36(29)53)51-38(56)24-12-7-5-8-13-24/h5-10,12-15,20-23,26-28,31-33,40-41,55,70H,11,17-19H2,1-4H3,(H2-,45,46,47,48,51,52,56,57,58,59)/p+1/t26-,27-,28-,31-,32-,33-,40-,41-,68?,70?/m1/s1. The van der Waals surface area contributed by atoms with Crippen molar-refractivity contribution in [3.63, 3.8) is 0 Å². The van der Waals surface area contributed by atoms with Gasteiger partial charge in [-0.3, -0.25) is 23.2 Å². The smallest absolute Gasteiger partial charge is 0.411 e. The van der Waals surface area contributed by atoms with Crippen LogP contribution in [0.3, 0.4) is 0 Å². The van der Waals surface area contributed by atoms with Crippen LogP contribution in [0.4, 0.5) is 16.0 Å². The van der Waals surface area contributed by atoms with E-state index < -0.39 is 98.2 Å². The van der Waals surface area contributed by atoms with Crippen LogP contribution in [0.5, 0.6) is 0 Å². The average molecular weight is 1040 g/mol. The van der Waals surface area contributed by atoms with Crippen molar-refractivity contribution in [3.8, 4) is 6.07 Å². The third-order valence-electron chi connectivity index (χ3n) is 11.4. The number of hydrogen-bond acceptors (Lipinski definition) is 19. The SMILES string of the molecule is C[SiH](O[C@H]1[C@@H](OP(=S)(OCCC#N)OC[C@H]2O[C@@H](n3cnc4c(NC(=O)c5ccccc5)ncnc43)[C@H](F)[C@@H]2O[P+](=O)O)[C@H](n2cnc3c(NC(=O)c4ccccc4)ncnc32)O[C@@H]1CO)C(C)(C)C. The van der Waals surface area contributed by atoms with Crippen molar-refractivity contribution >= 4 is 81.6 Å². The molecular formula is C42H47FN11O12P2SSi+. The lowest BCUT2D eigenvalue weighted by Gasteiger charge is -2.34. The number of alkyl halides is 1. The topological polar surface area (TPSA) is 291 Å². The number of halogens is 1. The van der Waals surface area contributed by atoms with Crippen LogP contribution in [0.1, 0.15) is 60.4 Å². The van der Waals surface area contributed by atoms with Crippen molar-refractivity contribution in [1.82, 2.24) is 39.0 Å². The van der Waals surface area contributed by atoms with Crippen LogP contribution in [0, 0.1) is 11.3 Å². The Hall–Kier alpha value is -5.49. The van der Waals surface area contributed by atoms with Gasteiger partial charge in [0.1, 0.15) is 37.1 Å². The van der Waals surface area contributed by atoms with E-state index in [0.29, 0.717) is 11.1 Å². The highest BCUT2D eigenvalue weighted by Gasteiger charge is 2.54. The van der Waals surface area contributed by atoms with Crippen molar-refractivity contribution in [2.45, 2.75) is 87.9 Å². The van der Waals surface area contributed by atoms with Crippen LogP contribution < -0.4 is 10.6 Å². The fourth-order valence-corrected chi connectivity index (χ4v) is 11.2. The zero-order chi connectivity index (χ0) is 49.7. The molecule has 368 valence electrons.